The van der Waals surface area contributed by atoms with Crippen LogP contribution in [0, 0.1) is 5.92 Å². The van der Waals surface area contributed by atoms with Crippen molar-refractivity contribution in [3.63, 3.8) is 0 Å². The van der Waals surface area contributed by atoms with E-state index in [1.807, 2.05) is 29.2 Å². The minimum Gasteiger partial charge on any atom is -0.374 e. The number of carbonyl (C=O) groups is 3. The maximum atomic E-state index is 13.9. The summed E-state index contributed by atoms with van der Waals surface area (Å²) in [6.45, 7) is 1.88. The normalized spacial score (nSPS) is 21.7. The van der Waals surface area contributed by atoms with Gasteiger partial charge in [0.2, 0.25) is 11.8 Å². The lowest BCUT2D eigenvalue weighted by atomic mass is 9.88. The molecule has 27 heavy (non-hydrogen) atoms. The summed E-state index contributed by atoms with van der Waals surface area (Å²) in [5.74, 6) is -5.80. The molecule has 2 aliphatic heterocycles. The van der Waals surface area contributed by atoms with Gasteiger partial charge in [0.25, 0.3) is 0 Å². The Morgan fingerprint density at radius 3 is 2.33 bits per heavy atom. The number of Topliss-reactive ketones (excluding diaryl/α,β-unsaturated/α-hetero) is 1. The lowest BCUT2D eigenvalue weighted by molar-refractivity contribution is -0.150. The summed E-state index contributed by atoms with van der Waals surface area (Å²) in [5.41, 5.74) is 1.67. The van der Waals surface area contributed by atoms with Gasteiger partial charge < -0.3 is 10.2 Å². The number of piperidine rings is 2. The predicted molar refractivity (Wildman–Crippen MR) is 96.8 cm³/mol. The van der Waals surface area contributed by atoms with E-state index in [1.165, 1.54) is 0 Å². The summed E-state index contributed by atoms with van der Waals surface area (Å²) in [5, 5.41) is 5.40. The second kappa shape index (κ2) is 7.62. The number of hydrogen-bond acceptors (Lipinski definition) is 5. The van der Waals surface area contributed by atoms with Crippen molar-refractivity contribution in [3.05, 3.63) is 24.3 Å². The highest BCUT2D eigenvalue weighted by molar-refractivity contribution is 6.01. The molecule has 1 aromatic carbocycles. The maximum absolute atomic E-state index is 13.9. The van der Waals surface area contributed by atoms with Crippen LogP contribution in [0.15, 0.2) is 24.3 Å². The molecule has 0 bridgehead atoms. The minimum absolute atomic E-state index is 0.257. The zero-order valence-corrected chi connectivity index (χ0v) is 15.1. The molecule has 2 amide bonds. The first kappa shape index (κ1) is 19.3. The molecule has 2 aliphatic rings. The summed E-state index contributed by atoms with van der Waals surface area (Å²) in [7, 11) is 0. The molecule has 1 aromatic rings. The number of halogens is 2. The average Bonchev–Trinajstić information content (AvgIpc) is 2.64. The van der Waals surface area contributed by atoms with Crippen molar-refractivity contribution in [1.29, 1.82) is 0 Å². The lowest BCUT2D eigenvalue weighted by Crippen LogP contribution is -2.47. The van der Waals surface area contributed by atoms with Gasteiger partial charge in [-0.05, 0) is 43.5 Å². The number of rotatable bonds is 5. The number of nitrogens with zero attached hydrogens (tertiary/aromatic N) is 1. The number of benzene rings is 1. The highest BCUT2D eigenvalue weighted by Crippen LogP contribution is 2.35. The van der Waals surface area contributed by atoms with Crippen LogP contribution in [0.3, 0.4) is 0 Å². The van der Waals surface area contributed by atoms with Gasteiger partial charge in [0.1, 0.15) is 6.04 Å². The molecule has 0 spiro atoms. The van der Waals surface area contributed by atoms with Gasteiger partial charge in [0, 0.05) is 43.7 Å². The molecule has 0 aliphatic carbocycles. The first-order chi connectivity index (χ1) is 12.8. The van der Waals surface area contributed by atoms with Crippen LogP contribution < -0.4 is 15.5 Å². The van der Waals surface area contributed by atoms with Crippen LogP contribution in [0.1, 0.15) is 32.6 Å². The number of anilines is 2. The van der Waals surface area contributed by atoms with Gasteiger partial charge in [-0.1, -0.05) is 0 Å². The SMILES string of the molecule is CC(=O)C(F)(F)C1CCN(c2ccc(NC3CCC(=O)NC3=O)cc2)CC1. The Morgan fingerprint density at radius 1 is 1.15 bits per heavy atom. The van der Waals surface area contributed by atoms with Crippen molar-refractivity contribution in [3.8, 4) is 0 Å². The van der Waals surface area contributed by atoms with Gasteiger partial charge in [0.05, 0.1) is 0 Å². The Hall–Kier alpha value is -2.51. The Kier molecular flexibility index (Phi) is 5.43. The molecule has 2 N–H and O–H groups in total. The van der Waals surface area contributed by atoms with E-state index in [9.17, 15) is 23.2 Å². The van der Waals surface area contributed by atoms with Crippen LogP contribution in [-0.2, 0) is 14.4 Å². The number of amides is 2. The van der Waals surface area contributed by atoms with E-state index in [-0.39, 0.29) is 24.7 Å². The fourth-order valence-electron chi connectivity index (χ4n) is 3.59. The van der Waals surface area contributed by atoms with Crippen molar-refractivity contribution < 1.29 is 23.2 Å². The van der Waals surface area contributed by atoms with E-state index < -0.39 is 23.7 Å². The van der Waals surface area contributed by atoms with Gasteiger partial charge in [-0.3, -0.25) is 19.7 Å². The third-order valence-corrected chi connectivity index (χ3v) is 5.29. The zero-order chi connectivity index (χ0) is 19.6. The first-order valence-electron chi connectivity index (χ1n) is 9.11. The standard InChI is InChI=1S/C19H23F2N3O3/c1-12(25)19(20,21)13-8-10-24(11-9-13)15-4-2-14(3-5-15)22-16-6-7-17(26)23-18(16)27/h2-5,13,16,22H,6-11H2,1H3,(H,23,26,27). The molecule has 0 aromatic heterocycles. The Labute approximate surface area is 156 Å². The van der Waals surface area contributed by atoms with Crippen LogP contribution in [0.2, 0.25) is 0 Å². The van der Waals surface area contributed by atoms with Crippen molar-refractivity contribution in [2.24, 2.45) is 5.92 Å². The highest BCUT2D eigenvalue weighted by atomic mass is 19.3. The second-order valence-corrected chi connectivity index (χ2v) is 7.14. The molecule has 1 atom stereocenters. The van der Waals surface area contributed by atoms with Crippen molar-refractivity contribution in [2.75, 3.05) is 23.3 Å². The summed E-state index contributed by atoms with van der Waals surface area (Å²) in [6.07, 6.45) is 1.29. The Morgan fingerprint density at radius 2 is 1.78 bits per heavy atom. The Balaban J connectivity index is 1.56. The van der Waals surface area contributed by atoms with E-state index in [2.05, 4.69) is 10.6 Å². The number of alkyl halides is 2. The number of ketones is 1. The van der Waals surface area contributed by atoms with E-state index in [0.29, 0.717) is 25.9 Å². The maximum Gasteiger partial charge on any atom is 0.307 e. The highest BCUT2D eigenvalue weighted by Gasteiger charge is 2.45. The number of hydrogen-bond donors (Lipinski definition) is 2. The van der Waals surface area contributed by atoms with E-state index in [4.69, 9.17) is 0 Å². The van der Waals surface area contributed by atoms with Crippen molar-refractivity contribution in [1.82, 2.24) is 5.32 Å². The third-order valence-electron chi connectivity index (χ3n) is 5.29. The molecule has 2 fully saturated rings. The molecular formula is C19H23F2N3O3. The van der Waals surface area contributed by atoms with Crippen LogP contribution in [-0.4, -0.2) is 42.7 Å². The van der Waals surface area contributed by atoms with Crippen molar-refractivity contribution >= 4 is 29.0 Å². The van der Waals surface area contributed by atoms with Gasteiger partial charge in [0.15, 0.2) is 5.78 Å². The smallest absolute Gasteiger partial charge is 0.307 e. The van der Waals surface area contributed by atoms with Crippen molar-refractivity contribution in [2.45, 2.75) is 44.6 Å². The molecule has 146 valence electrons. The molecule has 1 unspecified atom stereocenters. The predicted octanol–water partition coefficient (Wildman–Crippen LogP) is 2.34. The quantitative estimate of drug-likeness (QED) is 0.768. The number of carbonyl (C=O) groups excluding carboxylic acids is 3. The van der Waals surface area contributed by atoms with E-state index in [1.54, 1.807) is 0 Å². The lowest BCUT2D eigenvalue weighted by Gasteiger charge is -2.36. The monoisotopic (exact) mass is 379 g/mol. The van der Waals surface area contributed by atoms with Gasteiger partial charge in [-0.2, -0.15) is 8.78 Å². The summed E-state index contributed by atoms with van der Waals surface area (Å²) in [4.78, 5) is 36.1. The van der Waals surface area contributed by atoms with Gasteiger partial charge in [-0.25, -0.2) is 0 Å². The molecule has 8 heteroatoms. The molecule has 0 saturated carbocycles. The van der Waals surface area contributed by atoms with Crippen LogP contribution in [0.4, 0.5) is 20.2 Å². The molecule has 0 radical (unpaired) electrons. The summed E-state index contributed by atoms with van der Waals surface area (Å²) < 4.78 is 27.7. The largest absolute Gasteiger partial charge is 0.374 e. The Bertz CT molecular complexity index is 728. The fourth-order valence-corrected chi connectivity index (χ4v) is 3.59. The molecule has 3 rings (SSSR count). The zero-order valence-electron chi connectivity index (χ0n) is 15.1. The molecular weight excluding hydrogens is 356 g/mol. The van der Waals surface area contributed by atoms with E-state index in [0.717, 1.165) is 18.3 Å². The average molecular weight is 379 g/mol. The first-order valence-corrected chi connectivity index (χ1v) is 9.11. The minimum atomic E-state index is -3.25. The summed E-state index contributed by atoms with van der Waals surface area (Å²) in [6, 6.07) is 6.96. The van der Waals surface area contributed by atoms with Gasteiger partial charge in [-0.15, -0.1) is 0 Å². The molecule has 2 saturated heterocycles. The molecule has 6 nitrogen and oxygen atoms in total. The second-order valence-electron chi connectivity index (χ2n) is 7.14. The van der Waals surface area contributed by atoms with Crippen LogP contribution >= 0.6 is 0 Å². The molecule has 2 heterocycles. The number of nitrogens with one attached hydrogen (secondary N) is 2. The van der Waals surface area contributed by atoms with E-state index >= 15 is 0 Å². The van der Waals surface area contributed by atoms with Crippen LogP contribution in [0.5, 0.6) is 0 Å². The number of imide groups is 1. The summed E-state index contributed by atoms with van der Waals surface area (Å²) >= 11 is 0. The fraction of sp³-hybridized carbons (Fsp3) is 0.526. The van der Waals surface area contributed by atoms with Crippen LogP contribution in [0.25, 0.3) is 0 Å². The topological polar surface area (TPSA) is 78.5 Å². The third kappa shape index (κ3) is 4.26. The van der Waals surface area contributed by atoms with Gasteiger partial charge >= 0.3 is 5.92 Å².